The van der Waals surface area contributed by atoms with Gasteiger partial charge in [0.2, 0.25) is 11.9 Å². The highest BCUT2D eigenvalue weighted by Gasteiger charge is 2.35. The molecule has 2 aromatic heterocycles. The number of carbonyl (C=O) groups is 2. The highest BCUT2D eigenvalue weighted by Crippen LogP contribution is 2.32. The average molecular weight is 577 g/mol. The molecule has 0 saturated heterocycles. The van der Waals surface area contributed by atoms with Crippen molar-refractivity contribution in [2.45, 2.75) is 38.1 Å². The summed E-state index contributed by atoms with van der Waals surface area (Å²) in [6.45, 7) is 0.605. The van der Waals surface area contributed by atoms with Crippen LogP contribution in [0.3, 0.4) is 0 Å². The number of benzene rings is 2. The molecule has 0 spiro atoms. The van der Waals surface area contributed by atoms with Gasteiger partial charge in [-0.25, -0.2) is 20.0 Å². The largest absolute Gasteiger partial charge is 0.368 e. The maximum Gasteiger partial charge on any atom is 0.251 e. The Hall–Kier alpha value is -4.26. The quantitative estimate of drug-likeness (QED) is 0.242. The molecule has 12 nitrogen and oxygen atoms in total. The lowest BCUT2D eigenvalue weighted by Crippen LogP contribution is -2.50. The van der Waals surface area contributed by atoms with Gasteiger partial charge in [-0.05, 0) is 90.4 Å². The summed E-state index contributed by atoms with van der Waals surface area (Å²) < 4.78 is 0. The highest BCUT2D eigenvalue weighted by molar-refractivity contribution is 6.17. The fourth-order valence-corrected chi connectivity index (χ4v) is 5.11. The number of nitrogens with one attached hydrogen (secondary N) is 1. The first-order chi connectivity index (χ1) is 19.4. The predicted octanol–water partition coefficient (Wildman–Crippen LogP) is 2.52. The molecule has 2 aromatic carbocycles. The number of imide groups is 1. The van der Waals surface area contributed by atoms with Gasteiger partial charge in [0.05, 0.1) is 11.7 Å². The van der Waals surface area contributed by atoms with Crippen molar-refractivity contribution in [3.8, 4) is 22.5 Å². The van der Waals surface area contributed by atoms with Gasteiger partial charge in [0.1, 0.15) is 0 Å². The minimum atomic E-state index is -0.944. The van der Waals surface area contributed by atoms with E-state index < -0.39 is 11.9 Å². The summed E-state index contributed by atoms with van der Waals surface area (Å²) in [6, 6.07) is 13.7. The number of anilines is 2. The molecule has 1 aliphatic rings. The summed E-state index contributed by atoms with van der Waals surface area (Å²) in [4.78, 5) is 37.0. The van der Waals surface area contributed by atoms with Gasteiger partial charge >= 0.3 is 0 Å². The summed E-state index contributed by atoms with van der Waals surface area (Å²) in [5, 5.41) is 13.8. The van der Waals surface area contributed by atoms with Gasteiger partial charge in [-0.3, -0.25) is 9.59 Å². The van der Waals surface area contributed by atoms with Crippen LogP contribution in [-0.4, -0.2) is 55.0 Å². The lowest BCUT2D eigenvalue weighted by molar-refractivity contribution is -0.130. The number of aromatic amines is 1. The van der Waals surface area contributed by atoms with E-state index in [9.17, 15) is 9.59 Å². The summed E-state index contributed by atoms with van der Waals surface area (Å²) in [7, 11) is 0. The van der Waals surface area contributed by atoms with Crippen LogP contribution in [0.5, 0.6) is 0 Å². The molecule has 5 rings (SSSR count). The first kappa shape index (κ1) is 29.7. The van der Waals surface area contributed by atoms with E-state index in [1.807, 2.05) is 24.3 Å². The zero-order valence-electron chi connectivity index (χ0n) is 22.4. The number of aromatic nitrogens is 6. The molecule has 13 heteroatoms. The summed E-state index contributed by atoms with van der Waals surface area (Å²) >= 11 is 0. The molecule has 0 aliphatic heterocycles. The second kappa shape index (κ2) is 13.4. The molecule has 1 atom stereocenters. The number of H-pyrrole nitrogens is 1. The zero-order valence-corrected chi connectivity index (χ0v) is 23.2. The molecular weight excluding hydrogens is 544 g/mol. The van der Waals surface area contributed by atoms with Crippen molar-refractivity contribution in [2.75, 3.05) is 17.2 Å². The summed E-state index contributed by atoms with van der Waals surface area (Å²) in [5.41, 5.74) is 21.6. The molecule has 4 aromatic rings. The van der Waals surface area contributed by atoms with Crippen LogP contribution in [0.2, 0.25) is 0 Å². The first-order valence-corrected chi connectivity index (χ1v) is 13.3. The summed E-state index contributed by atoms with van der Waals surface area (Å²) in [6.07, 6.45) is 6.63. The van der Waals surface area contributed by atoms with Gasteiger partial charge < -0.3 is 17.2 Å². The fourth-order valence-electron chi connectivity index (χ4n) is 5.11. The topological polar surface area (TPSA) is 196 Å². The zero-order chi connectivity index (χ0) is 28.1. The Balaban J connectivity index is 0.00000387. The predicted molar refractivity (Wildman–Crippen MR) is 157 cm³/mol. The van der Waals surface area contributed by atoms with E-state index in [-0.39, 0.29) is 36.6 Å². The monoisotopic (exact) mass is 576 g/mol. The van der Waals surface area contributed by atoms with Crippen LogP contribution in [0.25, 0.3) is 22.5 Å². The van der Waals surface area contributed by atoms with Crippen molar-refractivity contribution in [3.05, 3.63) is 66.5 Å². The summed E-state index contributed by atoms with van der Waals surface area (Å²) in [5.74, 6) is 0.118. The van der Waals surface area contributed by atoms with E-state index in [0.717, 1.165) is 35.1 Å². The van der Waals surface area contributed by atoms with Gasteiger partial charge in [-0.2, -0.15) is 0 Å². The lowest BCUT2D eigenvalue weighted by Gasteiger charge is -2.32. The molecule has 1 fully saturated rings. The molecule has 2 heterocycles. The van der Waals surface area contributed by atoms with E-state index in [2.05, 4.69) is 30.6 Å². The minimum Gasteiger partial charge on any atom is -0.368 e. The number of rotatable bonds is 8. The smallest absolute Gasteiger partial charge is 0.251 e. The maximum absolute atomic E-state index is 13.8. The Bertz CT molecular complexity index is 1440. The Labute approximate surface area is 243 Å². The number of hydrogen-bond donors (Lipinski definition) is 4. The number of halogens is 1. The van der Waals surface area contributed by atoms with Crippen LogP contribution in [0.1, 0.15) is 31.2 Å². The normalized spacial score (nSPS) is 17.3. The molecule has 214 valence electrons. The van der Waals surface area contributed by atoms with Crippen molar-refractivity contribution in [2.24, 2.45) is 23.3 Å². The number of tetrazole rings is 1. The fraction of sp³-hybridized carbons (Fsp3) is 0.321. The third-order valence-corrected chi connectivity index (χ3v) is 7.42. The molecule has 0 unspecified atom stereocenters. The molecule has 2 amide bonds. The maximum atomic E-state index is 13.8. The van der Waals surface area contributed by atoms with Gasteiger partial charge in [0, 0.05) is 29.4 Å². The van der Waals surface area contributed by atoms with Gasteiger partial charge in [0.15, 0.2) is 5.82 Å². The van der Waals surface area contributed by atoms with Crippen molar-refractivity contribution < 1.29 is 9.59 Å². The molecule has 7 N–H and O–H groups in total. The number of nitrogens with zero attached hydrogens (tertiary/aromatic N) is 6. The molecule has 41 heavy (non-hydrogen) atoms. The van der Waals surface area contributed by atoms with E-state index in [1.165, 1.54) is 4.90 Å². The van der Waals surface area contributed by atoms with Crippen molar-refractivity contribution >= 4 is 35.9 Å². The SMILES string of the molecule is Cl.NC[C@H]1CC[C@H](C(=O)N(C(=O)[C@@H](N)Cc2cccc(-c3cnc(N)nc3)c2)c2ccc(-c3nnn[nH]3)cc2)CC1. The number of amides is 2. The van der Waals surface area contributed by atoms with E-state index >= 15 is 0 Å². The standard InChI is InChI=1S/C28H32N10O2.ClH/c29-14-17-4-6-20(7-5-17)26(39)38(23-10-8-19(9-11-23)25-34-36-37-35-25)27(40)24(30)13-18-2-1-3-21(12-18)22-15-32-28(31)33-16-22;/h1-3,8-12,15-17,20,24H,4-7,13-14,29-30H2,(H2,31,32,33)(H,34,35,36,37);1H/t17-,20-,24-;/m0./s1. The highest BCUT2D eigenvalue weighted by atomic mass is 35.5. The number of carbonyl (C=O) groups excluding carboxylic acids is 2. The Morgan fingerprint density at radius 3 is 2.32 bits per heavy atom. The first-order valence-electron chi connectivity index (χ1n) is 13.3. The Morgan fingerprint density at radius 1 is 0.976 bits per heavy atom. The molecular formula is C28H33ClN10O2. The number of hydrogen-bond acceptors (Lipinski definition) is 10. The van der Waals surface area contributed by atoms with Crippen LogP contribution < -0.4 is 22.1 Å². The average Bonchev–Trinajstić information content (AvgIpc) is 3.53. The second-order valence-corrected chi connectivity index (χ2v) is 10.1. The van der Waals surface area contributed by atoms with Gasteiger partial charge in [-0.1, -0.05) is 24.3 Å². The Kier molecular flexibility index (Phi) is 9.71. The van der Waals surface area contributed by atoms with E-state index in [0.29, 0.717) is 36.8 Å². The van der Waals surface area contributed by atoms with Gasteiger partial charge in [0.25, 0.3) is 5.91 Å². The van der Waals surface area contributed by atoms with Crippen LogP contribution in [0, 0.1) is 11.8 Å². The van der Waals surface area contributed by atoms with E-state index in [4.69, 9.17) is 17.2 Å². The van der Waals surface area contributed by atoms with Crippen LogP contribution >= 0.6 is 12.4 Å². The number of nitrogen functional groups attached to an aromatic ring is 1. The third-order valence-electron chi connectivity index (χ3n) is 7.42. The molecule has 1 saturated carbocycles. The third kappa shape index (κ3) is 6.91. The van der Waals surface area contributed by atoms with Crippen molar-refractivity contribution in [1.82, 2.24) is 30.6 Å². The molecule has 0 radical (unpaired) electrons. The lowest BCUT2D eigenvalue weighted by atomic mass is 9.81. The van der Waals surface area contributed by atoms with Crippen molar-refractivity contribution in [1.29, 1.82) is 0 Å². The number of nitrogens with two attached hydrogens (primary N) is 3. The Morgan fingerprint density at radius 2 is 1.68 bits per heavy atom. The molecule has 0 bridgehead atoms. The minimum absolute atomic E-state index is 0. The van der Waals surface area contributed by atoms with Crippen LogP contribution in [0.15, 0.2) is 60.9 Å². The molecule has 1 aliphatic carbocycles. The van der Waals surface area contributed by atoms with E-state index in [1.54, 1.807) is 36.7 Å². The van der Waals surface area contributed by atoms with Gasteiger partial charge in [-0.15, -0.1) is 17.5 Å². The van der Waals surface area contributed by atoms with Crippen LogP contribution in [-0.2, 0) is 16.0 Å². The van der Waals surface area contributed by atoms with Crippen LogP contribution in [0.4, 0.5) is 11.6 Å². The second-order valence-electron chi connectivity index (χ2n) is 10.1. The van der Waals surface area contributed by atoms with Crippen molar-refractivity contribution in [3.63, 3.8) is 0 Å².